The molecule has 1 saturated carbocycles. The number of benzene rings is 1. The summed E-state index contributed by atoms with van der Waals surface area (Å²) < 4.78 is 0. The van der Waals surface area contributed by atoms with Gasteiger partial charge in [-0.25, -0.2) is 4.98 Å². The van der Waals surface area contributed by atoms with Crippen LogP contribution in [-0.2, 0) is 0 Å². The standard InChI is InChI=1S/C25H29ClN4/c1-17(30-13-5-2-6-14-30)18-9-11-19(12-10-18)21-15-27-25-23(22(26)16-28-25)24(21)29-20-7-3-4-8-20/h9-12,15-16,20H,1-8,13-14H2,(H2,27,28,29). The van der Waals surface area contributed by atoms with Crippen molar-refractivity contribution in [1.29, 1.82) is 0 Å². The monoisotopic (exact) mass is 420 g/mol. The van der Waals surface area contributed by atoms with E-state index < -0.39 is 0 Å². The quantitative estimate of drug-likeness (QED) is 0.483. The van der Waals surface area contributed by atoms with E-state index in [0.717, 1.165) is 51.7 Å². The first-order chi connectivity index (χ1) is 14.7. The fraction of sp³-hybridized carbons (Fsp3) is 0.400. The number of aromatic amines is 1. The predicted octanol–water partition coefficient (Wildman–Crippen LogP) is 6.69. The Bertz CT molecular complexity index is 1040. The molecular formula is C25H29ClN4. The highest BCUT2D eigenvalue weighted by molar-refractivity contribution is 6.36. The molecule has 2 fully saturated rings. The highest BCUT2D eigenvalue weighted by Crippen LogP contribution is 2.39. The van der Waals surface area contributed by atoms with E-state index in [-0.39, 0.29) is 0 Å². The number of piperidine rings is 1. The molecule has 0 bridgehead atoms. The van der Waals surface area contributed by atoms with Gasteiger partial charge in [-0.05, 0) is 43.2 Å². The van der Waals surface area contributed by atoms with Crippen molar-refractivity contribution in [1.82, 2.24) is 14.9 Å². The number of hydrogen-bond donors (Lipinski definition) is 2. The van der Waals surface area contributed by atoms with Gasteiger partial charge in [0.2, 0.25) is 0 Å². The number of fused-ring (bicyclic) bond motifs is 1. The SMILES string of the molecule is C=C(c1ccc(-c2cnc3[nH]cc(Cl)c3c2NC2CCCC2)cc1)N1CCCCC1. The molecular weight excluding hydrogens is 392 g/mol. The van der Waals surface area contributed by atoms with E-state index in [0.29, 0.717) is 6.04 Å². The first-order valence-corrected chi connectivity index (χ1v) is 11.6. The highest BCUT2D eigenvalue weighted by atomic mass is 35.5. The van der Waals surface area contributed by atoms with Crippen LogP contribution in [0, 0.1) is 0 Å². The van der Waals surface area contributed by atoms with Crippen molar-refractivity contribution < 1.29 is 0 Å². The van der Waals surface area contributed by atoms with E-state index in [1.54, 1.807) is 0 Å². The Morgan fingerprint density at radius 1 is 1.07 bits per heavy atom. The molecule has 2 N–H and O–H groups in total. The largest absolute Gasteiger partial charge is 0.381 e. The fourth-order valence-corrected chi connectivity index (χ4v) is 5.13. The minimum absolute atomic E-state index is 0.499. The lowest BCUT2D eigenvalue weighted by atomic mass is 10.00. The molecule has 5 heteroatoms. The number of rotatable bonds is 5. The maximum atomic E-state index is 6.55. The van der Waals surface area contributed by atoms with Gasteiger partial charge in [0.05, 0.1) is 16.1 Å². The van der Waals surface area contributed by atoms with Gasteiger partial charge in [0.1, 0.15) is 5.65 Å². The third-order valence-corrected chi connectivity index (χ3v) is 6.92. The molecule has 30 heavy (non-hydrogen) atoms. The van der Waals surface area contributed by atoms with Gasteiger partial charge in [-0.1, -0.05) is 55.3 Å². The molecule has 3 aromatic rings. The van der Waals surface area contributed by atoms with Gasteiger partial charge in [0, 0.05) is 42.8 Å². The van der Waals surface area contributed by atoms with E-state index in [2.05, 4.69) is 51.0 Å². The molecule has 0 amide bonds. The van der Waals surface area contributed by atoms with Crippen LogP contribution in [0.3, 0.4) is 0 Å². The second kappa shape index (κ2) is 8.35. The number of likely N-dealkylation sites (tertiary alicyclic amines) is 1. The molecule has 0 radical (unpaired) electrons. The first kappa shape index (κ1) is 19.5. The molecule has 1 aromatic carbocycles. The van der Waals surface area contributed by atoms with Crippen LogP contribution in [0.25, 0.3) is 27.9 Å². The second-order valence-corrected chi connectivity index (χ2v) is 9.01. The molecule has 2 aliphatic rings. The van der Waals surface area contributed by atoms with E-state index >= 15 is 0 Å². The van der Waals surface area contributed by atoms with Crippen LogP contribution < -0.4 is 5.32 Å². The molecule has 1 saturated heterocycles. The average molecular weight is 421 g/mol. The van der Waals surface area contributed by atoms with Crippen molar-refractivity contribution in [3.63, 3.8) is 0 Å². The molecule has 156 valence electrons. The fourth-order valence-electron chi connectivity index (χ4n) is 4.89. The molecule has 0 spiro atoms. The van der Waals surface area contributed by atoms with Gasteiger partial charge in [-0.3, -0.25) is 0 Å². The number of anilines is 1. The average Bonchev–Trinajstić information content (AvgIpc) is 3.44. The molecule has 0 atom stereocenters. The molecule has 0 unspecified atom stereocenters. The summed E-state index contributed by atoms with van der Waals surface area (Å²) in [5, 5.41) is 5.50. The van der Waals surface area contributed by atoms with Crippen LogP contribution in [0.2, 0.25) is 5.02 Å². The van der Waals surface area contributed by atoms with Crippen LogP contribution in [0.15, 0.2) is 43.2 Å². The van der Waals surface area contributed by atoms with Gasteiger partial charge in [0.15, 0.2) is 0 Å². The van der Waals surface area contributed by atoms with Crippen molar-refractivity contribution in [3.05, 3.63) is 53.8 Å². The topological polar surface area (TPSA) is 44.0 Å². The Kier molecular flexibility index (Phi) is 5.43. The zero-order valence-corrected chi connectivity index (χ0v) is 18.1. The van der Waals surface area contributed by atoms with Crippen molar-refractivity contribution in [2.75, 3.05) is 18.4 Å². The Hall–Kier alpha value is -2.46. The van der Waals surface area contributed by atoms with Gasteiger partial charge in [-0.2, -0.15) is 0 Å². The van der Waals surface area contributed by atoms with Crippen LogP contribution in [0.1, 0.15) is 50.5 Å². The Morgan fingerprint density at radius 3 is 2.53 bits per heavy atom. The van der Waals surface area contributed by atoms with E-state index in [4.69, 9.17) is 11.6 Å². The molecule has 3 heterocycles. The number of aromatic nitrogens is 2. The van der Waals surface area contributed by atoms with Crippen LogP contribution in [0.4, 0.5) is 5.69 Å². The Balaban J connectivity index is 1.49. The number of nitrogens with one attached hydrogen (secondary N) is 2. The van der Waals surface area contributed by atoms with Crippen LogP contribution in [0.5, 0.6) is 0 Å². The minimum atomic E-state index is 0.499. The third-order valence-electron chi connectivity index (χ3n) is 6.62. The third kappa shape index (κ3) is 3.69. The molecule has 1 aliphatic heterocycles. The lowest BCUT2D eigenvalue weighted by molar-refractivity contribution is 0.326. The lowest BCUT2D eigenvalue weighted by Gasteiger charge is -2.30. The van der Waals surface area contributed by atoms with E-state index in [1.165, 1.54) is 50.5 Å². The van der Waals surface area contributed by atoms with Gasteiger partial charge in [-0.15, -0.1) is 0 Å². The summed E-state index contributed by atoms with van der Waals surface area (Å²) >= 11 is 6.55. The van der Waals surface area contributed by atoms with E-state index in [9.17, 15) is 0 Å². The summed E-state index contributed by atoms with van der Waals surface area (Å²) in [5.41, 5.74) is 6.51. The van der Waals surface area contributed by atoms with Gasteiger partial charge in [0.25, 0.3) is 0 Å². The molecule has 5 rings (SSSR count). The van der Waals surface area contributed by atoms with Gasteiger partial charge >= 0.3 is 0 Å². The number of pyridine rings is 1. The van der Waals surface area contributed by atoms with Crippen molar-refractivity contribution in [2.24, 2.45) is 0 Å². The number of nitrogens with zero attached hydrogens (tertiary/aromatic N) is 2. The second-order valence-electron chi connectivity index (χ2n) is 8.60. The summed E-state index contributed by atoms with van der Waals surface area (Å²) in [6.45, 7) is 6.59. The van der Waals surface area contributed by atoms with E-state index in [1.807, 2.05) is 12.4 Å². The summed E-state index contributed by atoms with van der Waals surface area (Å²) in [6, 6.07) is 9.25. The number of hydrogen-bond acceptors (Lipinski definition) is 3. The van der Waals surface area contributed by atoms with Crippen molar-refractivity contribution >= 4 is 34.0 Å². The smallest absolute Gasteiger partial charge is 0.140 e. The first-order valence-electron chi connectivity index (χ1n) is 11.2. The summed E-state index contributed by atoms with van der Waals surface area (Å²) in [5.74, 6) is 0. The zero-order valence-electron chi connectivity index (χ0n) is 17.4. The Morgan fingerprint density at radius 2 is 1.80 bits per heavy atom. The van der Waals surface area contributed by atoms with Crippen LogP contribution >= 0.6 is 11.6 Å². The summed E-state index contributed by atoms with van der Waals surface area (Å²) in [4.78, 5) is 10.2. The van der Waals surface area contributed by atoms with Gasteiger partial charge < -0.3 is 15.2 Å². The maximum Gasteiger partial charge on any atom is 0.140 e. The normalized spacial score (nSPS) is 17.6. The van der Waals surface area contributed by atoms with Crippen LogP contribution in [-0.4, -0.2) is 34.0 Å². The van der Waals surface area contributed by atoms with Crippen molar-refractivity contribution in [2.45, 2.75) is 51.0 Å². The number of halogens is 1. The molecule has 2 aromatic heterocycles. The predicted molar refractivity (Wildman–Crippen MR) is 127 cm³/mol. The molecule has 1 aliphatic carbocycles. The highest BCUT2D eigenvalue weighted by Gasteiger charge is 2.21. The van der Waals surface area contributed by atoms with Crippen molar-refractivity contribution in [3.8, 4) is 11.1 Å². The summed E-state index contributed by atoms with van der Waals surface area (Å²) in [6.07, 6.45) is 12.6. The zero-order chi connectivity index (χ0) is 20.5. The Labute approximate surface area is 183 Å². The lowest BCUT2D eigenvalue weighted by Crippen LogP contribution is -2.27. The summed E-state index contributed by atoms with van der Waals surface area (Å²) in [7, 11) is 0. The number of H-pyrrole nitrogens is 1. The minimum Gasteiger partial charge on any atom is -0.381 e. The maximum absolute atomic E-state index is 6.55. The molecule has 4 nitrogen and oxygen atoms in total.